The SMILES string of the molecule is CN1C(=O)CCN(c2ccccc2)c2cc([N+](=O)[O-])ccc21. The Bertz CT molecular complexity index is 731. The number of hydrogen-bond acceptors (Lipinski definition) is 4. The molecule has 1 aliphatic rings. The maximum atomic E-state index is 12.1. The lowest BCUT2D eigenvalue weighted by atomic mass is 10.2. The van der Waals surface area contributed by atoms with Crippen LogP contribution in [0.3, 0.4) is 0 Å². The van der Waals surface area contributed by atoms with E-state index in [0.717, 1.165) is 5.69 Å². The predicted octanol–water partition coefficient (Wildman–Crippen LogP) is 3.10. The molecule has 0 saturated heterocycles. The molecule has 0 N–H and O–H groups in total. The average Bonchev–Trinajstić information content (AvgIpc) is 2.66. The number of anilines is 3. The molecular weight excluding hydrogens is 282 g/mol. The van der Waals surface area contributed by atoms with Gasteiger partial charge in [0, 0.05) is 37.8 Å². The number of non-ortho nitro benzene ring substituents is 1. The highest BCUT2D eigenvalue weighted by atomic mass is 16.6. The number of hydrogen-bond donors (Lipinski definition) is 0. The molecule has 0 bridgehead atoms. The Morgan fingerprint density at radius 1 is 1.09 bits per heavy atom. The molecule has 0 spiro atoms. The molecule has 0 aromatic heterocycles. The fourth-order valence-electron chi connectivity index (χ4n) is 2.63. The third-order valence-corrected chi connectivity index (χ3v) is 3.81. The summed E-state index contributed by atoms with van der Waals surface area (Å²) in [7, 11) is 1.70. The van der Waals surface area contributed by atoms with Gasteiger partial charge in [-0.15, -0.1) is 0 Å². The molecule has 112 valence electrons. The van der Waals surface area contributed by atoms with Crippen LogP contribution in [0.5, 0.6) is 0 Å². The lowest BCUT2D eigenvalue weighted by Crippen LogP contribution is -2.25. The monoisotopic (exact) mass is 297 g/mol. The maximum Gasteiger partial charge on any atom is 0.271 e. The number of amides is 1. The van der Waals surface area contributed by atoms with E-state index in [9.17, 15) is 14.9 Å². The molecule has 0 atom stereocenters. The minimum Gasteiger partial charge on any atom is -0.339 e. The molecule has 2 aromatic rings. The molecule has 22 heavy (non-hydrogen) atoms. The van der Waals surface area contributed by atoms with Gasteiger partial charge in [0.2, 0.25) is 5.91 Å². The van der Waals surface area contributed by atoms with Crippen molar-refractivity contribution in [3.05, 3.63) is 58.6 Å². The van der Waals surface area contributed by atoms with Crippen molar-refractivity contribution in [3.8, 4) is 0 Å². The van der Waals surface area contributed by atoms with Gasteiger partial charge in [0.15, 0.2) is 0 Å². The van der Waals surface area contributed by atoms with E-state index in [4.69, 9.17) is 0 Å². The molecule has 2 aromatic carbocycles. The fraction of sp³-hybridized carbons (Fsp3) is 0.188. The van der Waals surface area contributed by atoms with Crippen molar-refractivity contribution in [2.45, 2.75) is 6.42 Å². The summed E-state index contributed by atoms with van der Waals surface area (Å²) in [5, 5.41) is 11.1. The minimum absolute atomic E-state index is 0.00599. The van der Waals surface area contributed by atoms with Crippen molar-refractivity contribution in [2.24, 2.45) is 0 Å². The van der Waals surface area contributed by atoms with Crippen LogP contribution < -0.4 is 9.80 Å². The second-order valence-electron chi connectivity index (χ2n) is 5.12. The summed E-state index contributed by atoms with van der Waals surface area (Å²) in [6.07, 6.45) is 0.355. The molecular formula is C16H15N3O3. The van der Waals surface area contributed by atoms with Crippen molar-refractivity contribution >= 4 is 28.7 Å². The van der Waals surface area contributed by atoms with Gasteiger partial charge in [-0.1, -0.05) is 18.2 Å². The Morgan fingerprint density at radius 2 is 1.82 bits per heavy atom. The largest absolute Gasteiger partial charge is 0.339 e. The van der Waals surface area contributed by atoms with Crippen LogP contribution in [0, 0.1) is 10.1 Å². The van der Waals surface area contributed by atoms with Crippen LogP contribution >= 0.6 is 0 Å². The highest BCUT2D eigenvalue weighted by molar-refractivity contribution is 5.99. The molecule has 1 amide bonds. The van der Waals surface area contributed by atoms with E-state index >= 15 is 0 Å². The van der Waals surface area contributed by atoms with Gasteiger partial charge in [0.05, 0.1) is 16.3 Å². The van der Waals surface area contributed by atoms with Crippen molar-refractivity contribution in [1.29, 1.82) is 0 Å². The van der Waals surface area contributed by atoms with Crippen LogP contribution in [-0.2, 0) is 4.79 Å². The number of nitrogens with zero attached hydrogens (tertiary/aromatic N) is 3. The van der Waals surface area contributed by atoms with Gasteiger partial charge in [0.25, 0.3) is 5.69 Å². The first-order valence-corrected chi connectivity index (χ1v) is 6.95. The summed E-state index contributed by atoms with van der Waals surface area (Å²) < 4.78 is 0. The van der Waals surface area contributed by atoms with Crippen LogP contribution in [0.2, 0.25) is 0 Å². The van der Waals surface area contributed by atoms with Gasteiger partial charge >= 0.3 is 0 Å². The van der Waals surface area contributed by atoms with Gasteiger partial charge < -0.3 is 9.80 Å². The van der Waals surface area contributed by atoms with Gasteiger partial charge in [-0.05, 0) is 18.2 Å². The number of nitro benzene ring substituents is 1. The van der Waals surface area contributed by atoms with E-state index in [1.165, 1.54) is 12.1 Å². The van der Waals surface area contributed by atoms with Gasteiger partial charge in [0.1, 0.15) is 0 Å². The molecule has 6 heteroatoms. The molecule has 0 aliphatic carbocycles. The first kappa shape index (κ1) is 14.1. The number of fused-ring (bicyclic) bond motifs is 1. The third kappa shape index (κ3) is 2.39. The Morgan fingerprint density at radius 3 is 2.50 bits per heavy atom. The second-order valence-corrected chi connectivity index (χ2v) is 5.12. The zero-order valence-electron chi connectivity index (χ0n) is 12.1. The number of para-hydroxylation sites is 1. The summed E-state index contributed by atoms with van der Waals surface area (Å²) in [6.45, 7) is 0.487. The molecule has 0 saturated carbocycles. The number of rotatable bonds is 2. The number of benzene rings is 2. The first-order chi connectivity index (χ1) is 10.6. The summed E-state index contributed by atoms with van der Waals surface area (Å²) in [5.74, 6) is -0.00599. The maximum absolute atomic E-state index is 12.1. The fourth-order valence-corrected chi connectivity index (χ4v) is 2.63. The molecule has 0 radical (unpaired) electrons. The van der Waals surface area contributed by atoms with Crippen molar-refractivity contribution in [3.63, 3.8) is 0 Å². The highest BCUT2D eigenvalue weighted by Crippen LogP contribution is 2.38. The van der Waals surface area contributed by atoms with E-state index in [0.29, 0.717) is 24.3 Å². The summed E-state index contributed by atoms with van der Waals surface area (Å²) in [5.41, 5.74) is 2.28. The zero-order valence-corrected chi connectivity index (χ0v) is 12.1. The van der Waals surface area contributed by atoms with Crippen molar-refractivity contribution in [1.82, 2.24) is 0 Å². The van der Waals surface area contributed by atoms with E-state index in [1.54, 1.807) is 18.0 Å². The van der Waals surface area contributed by atoms with Crippen molar-refractivity contribution < 1.29 is 9.72 Å². The molecule has 0 fully saturated rings. The van der Waals surface area contributed by atoms with Crippen LogP contribution in [0.25, 0.3) is 0 Å². The second kappa shape index (κ2) is 5.48. The molecule has 3 rings (SSSR count). The Labute approximate surface area is 127 Å². The van der Waals surface area contributed by atoms with E-state index in [1.807, 2.05) is 35.2 Å². The number of carbonyl (C=O) groups is 1. The molecule has 1 aliphatic heterocycles. The average molecular weight is 297 g/mol. The smallest absolute Gasteiger partial charge is 0.271 e. The normalized spacial score (nSPS) is 14.5. The van der Waals surface area contributed by atoms with E-state index < -0.39 is 4.92 Å². The summed E-state index contributed by atoms with van der Waals surface area (Å²) in [6, 6.07) is 14.2. The quantitative estimate of drug-likeness (QED) is 0.631. The Kier molecular flexibility index (Phi) is 3.50. The molecule has 0 unspecified atom stereocenters. The van der Waals surface area contributed by atoms with Crippen LogP contribution in [0.15, 0.2) is 48.5 Å². The number of carbonyl (C=O) groups excluding carboxylic acids is 1. The summed E-state index contributed by atoms with van der Waals surface area (Å²) in [4.78, 5) is 26.3. The van der Waals surface area contributed by atoms with Crippen molar-refractivity contribution in [2.75, 3.05) is 23.4 Å². The zero-order chi connectivity index (χ0) is 15.7. The Balaban J connectivity index is 2.18. The van der Waals surface area contributed by atoms with E-state index in [2.05, 4.69) is 0 Å². The van der Waals surface area contributed by atoms with Gasteiger partial charge in [-0.2, -0.15) is 0 Å². The summed E-state index contributed by atoms with van der Waals surface area (Å²) >= 11 is 0. The Hall–Kier alpha value is -2.89. The molecule has 1 heterocycles. The lowest BCUT2D eigenvalue weighted by molar-refractivity contribution is -0.384. The van der Waals surface area contributed by atoms with Gasteiger partial charge in [-0.25, -0.2) is 0 Å². The first-order valence-electron chi connectivity index (χ1n) is 6.95. The van der Waals surface area contributed by atoms with E-state index in [-0.39, 0.29) is 11.6 Å². The number of nitro groups is 1. The van der Waals surface area contributed by atoms with Crippen LogP contribution in [0.4, 0.5) is 22.7 Å². The van der Waals surface area contributed by atoms with Gasteiger partial charge in [-0.3, -0.25) is 14.9 Å². The lowest BCUT2D eigenvalue weighted by Gasteiger charge is -2.25. The third-order valence-electron chi connectivity index (χ3n) is 3.81. The minimum atomic E-state index is -0.420. The predicted molar refractivity (Wildman–Crippen MR) is 84.6 cm³/mol. The van der Waals surface area contributed by atoms with Crippen LogP contribution in [0.1, 0.15) is 6.42 Å². The molecule has 6 nitrogen and oxygen atoms in total. The standard InChI is InChI=1S/C16H15N3O3/c1-17-14-8-7-13(19(21)22)11-15(14)18(10-9-16(17)20)12-5-3-2-4-6-12/h2-8,11H,9-10H2,1H3. The topological polar surface area (TPSA) is 66.7 Å². The van der Waals surface area contributed by atoms with Crippen LogP contribution in [-0.4, -0.2) is 24.4 Å². The highest BCUT2D eigenvalue weighted by Gasteiger charge is 2.26.